The van der Waals surface area contributed by atoms with Crippen LogP contribution < -0.4 is 5.32 Å². The van der Waals surface area contributed by atoms with Crippen molar-refractivity contribution in [2.75, 3.05) is 13.2 Å². The molecule has 0 rings (SSSR count). The molecule has 2 atom stereocenters. The lowest BCUT2D eigenvalue weighted by Gasteiger charge is -2.22. The number of rotatable bonds is 71. The molecule has 0 aromatic heterocycles. The molecule has 1 amide bonds. The Labute approximate surface area is 508 Å². The average Bonchev–Trinajstić information content (AvgIpc) is 3.47. The predicted octanol–water partition coefficient (Wildman–Crippen LogP) is 24.3. The quantitative estimate of drug-likeness (QED) is 0.0320. The number of carbonyl (C=O) groups is 2. The molecule has 6 nitrogen and oxygen atoms in total. The highest BCUT2D eigenvalue weighted by atomic mass is 16.5. The van der Waals surface area contributed by atoms with Crippen molar-refractivity contribution in [2.45, 2.75) is 443 Å². The molecule has 81 heavy (non-hydrogen) atoms. The number of ether oxygens (including phenoxy) is 1. The summed E-state index contributed by atoms with van der Waals surface area (Å²) in [5.41, 5.74) is 0. The van der Waals surface area contributed by atoms with Gasteiger partial charge in [-0.25, -0.2) is 0 Å². The summed E-state index contributed by atoms with van der Waals surface area (Å²) < 4.78 is 5.52. The number of allylic oxidation sites excluding steroid dienone is 2. The summed E-state index contributed by atoms with van der Waals surface area (Å²) in [5.74, 6) is -0.0116. The third-order valence-electron chi connectivity index (χ3n) is 17.8. The van der Waals surface area contributed by atoms with Crippen LogP contribution in [0.2, 0.25) is 0 Å². The number of nitrogens with one attached hydrogen (secondary N) is 1. The van der Waals surface area contributed by atoms with E-state index in [-0.39, 0.29) is 18.5 Å². The maximum Gasteiger partial charge on any atom is 0.305 e. The summed E-state index contributed by atoms with van der Waals surface area (Å²) in [7, 11) is 0. The van der Waals surface area contributed by atoms with Crippen LogP contribution in [0.25, 0.3) is 0 Å². The van der Waals surface area contributed by atoms with E-state index in [1.165, 1.54) is 360 Å². The zero-order valence-electron chi connectivity index (χ0n) is 55.3. The van der Waals surface area contributed by atoms with Gasteiger partial charge in [0.05, 0.1) is 25.4 Å². The van der Waals surface area contributed by atoms with E-state index in [4.69, 9.17) is 4.74 Å². The third-order valence-corrected chi connectivity index (χ3v) is 17.8. The summed E-state index contributed by atoms with van der Waals surface area (Å²) in [4.78, 5) is 24.7. The largest absolute Gasteiger partial charge is 0.466 e. The first-order valence-electron chi connectivity index (χ1n) is 37.4. The molecular formula is C75H147NO5. The van der Waals surface area contributed by atoms with Gasteiger partial charge in [0.15, 0.2) is 0 Å². The molecule has 482 valence electrons. The van der Waals surface area contributed by atoms with Gasteiger partial charge in [-0.2, -0.15) is 0 Å². The second-order valence-corrected chi connectivity index (χ2v) is 26.0. The first kappa shape index (κ1) is 79.6. The second-order valence-electron chi connectivity index (χ2n) is 26.0. The Bertz CT molecular complexity index is 1220. The van der Waals surface area contributed by atoms with E-state index in [9.17, 15) is 19.8 Å². The van der Waals surface area contributed by atoms with Crippen LogP contribution in [0.1, 0.15) is 431 Å². The average molecular weight is 1140 g/mol. The maximum atomic E-state index is 12.5. The van der Waals surface area contributed by atoms with Crippen molar-refractivity contribution in [2.24, 2.45) is 0 Å². The number of carbonyl (C=O) groups excluding carboxylic acids is 2. The Morgan fingerprint density at radius 2 is 0.580 bits per heavy atom. The molecular weight excluding hydrogens is 995 g/mol. The summed E-state index contributed by atoms with van der Waals surface area (Å²) in [6.07, 6.45) is 88.5. The van der Waals surface area contributed by atoms with Crippen LogP contribution in [0.15, 0.2) is 12.2 Å². The smallest absolute Gasteiger partial charge is 0.305 e. The molecule has 0 aliphatic heterocycles. The zero-order chi connectivity index (χ0) is 58.5. The molecule has 0 aromatic carbocycles. The van der Waals surface area contributed by atoms with Crippen molar-refractivity contribution < 1.29 is 24.5 Å². The van der Waals surface area contributed by atoms with Gasteiger partial charge in [-0.3, -0.25) is 9.59 Å². The number of amides is 1. The molecule has 3 N–H and O–H groups in total. The summed E-state index contributed by atoms with van der Waals surface area (Å²) in [5, 5.41) is 23.4. The predicted molar refractivity (Wildman–Crippen MR) is 357 cm³/mol. The van der Waals surface area contributed by atoms with Crippen molar-refractivity contribution in [1.82, 2.24) is 5.32 Å². The standard InChI is InChI=1S/C75H147NO5/c1-3-5-7-9-11-13-15-17-19-21-31-35-39-43-47-51-55-59-63-67-73(78)72(71-77)76-74(79)68-64-60-56-52-48-44-40-36-33-29-27-25-23-24-26-28-30-34-38-42-46-50-54-58-62-66-70-81-75(80)69-65-61-57-53-49-45-41-37-32-22-20-18-16-14-12-10-8-6-4-2/h23,25,72-73,77-78H,3-22,24,26-71H2,1-2H3,(H,76,79)/b25-23-. The van der Waals surface area contributed by atoms with Gasteiger partial charge in [-0.05, 0) is 51.4 Å². The molecule has 6 heteroatoms. The van der Waals surface area contributed by atoms with Crippen LogP contribution in [-0.4, -0.2) is 47.4 Å². The van der Waals surface area contributed by atoms with Crippen LogP contribution in [-0.2, 0) is 14.3 Å². The van der Waals surface area contributed by atoms with E-state index < -0.39 is 12.1 Å². The molecule has 0 aliphatic rings. The Balaban J connectivity index is 3.36. The Morgan fingerprint density at radius 1 is 0.333 bits per heavy atom. The molecule has 2 unspecified atom stereocenters. The minimum absolute atomic E-state index is 0.0204. The molecule has 0 aliphatic carbocycles. The van der Waals surface area contributed by atoms with Gasteiger partial charge in [0.25, 0.3) is 0 Å². The number of aliphatic hydroxyl groups is 2. The zero-order valence-corrected chi connectivity index (χ0v) is 55.3. The van der Waals surface area contributed by atoms with Crippen molar-refractivity contribution in [1.29, 1.82) is 0 Å². The van der Waals surface area contributed by atoms with Crippen LogP contribution in [0, 0.1) is 0 Å². The summed E-state index contributed by atoms with van der Waals surface area (Å²) in [6.45, 7) is 5.01. The number of hydrogen-bond donors (Lipinski definition) is 3. The van der Waals surface area contributed by atoms with Gasteiger partial charge in [-0.15, -0.1) is 0 Å². The molecule has 0 bridgehead atoms. The highest BCUT2D eigenvalue weighted by molar-refractivity contribution is 5.76. The van der Waals surface area contributed by atoms with Gasteiger partial charge in [-0.1, -0.05) is 379 Å². The molecule has 0 saturated carbocycles. The van der Waals surface area contributed by atoms with Crippen molar-refractivity contribution >= 4 is 11.9 Å². The van der Waals surface area contributed by atoms with Crippen LogP contribution in [0.4, 0.5) is 0 Å². The fourth-order valence-electron chi connectivity index (χ4n) is 12.1. The topological polar surface area (TPSA) is 95.9 Å². The Hall–Kier alpha value is -1.40. The molecule has 0 radical (unpaired) electrons. The minimum Gasteiger partial charge on any atom is -0.466 e. The van der Waals surface area contributed by atoms with E-state index >= 15 is 0 Å². The van der Waals surface area contributed by atoms with E-state index in [0.717, 1.165) is 38.5 Å². The molecule has 0 saturated heterocycles. The van der Waals surface area contributed by atoms with Crippen molar-refractivity contribution in [3.63, 3.8) is 0 Å². The Kier molecular flexibility index (Phi) is 69.9. The van der Waals surface area contributed by atoms with Gasteiger partial charge in [0, 0.05) is 12.8 Å². The van der Waals surface area contributed by atoms with E-state index in [1.54, 1.807) is 0 Å². The van der Waals surface area contributed by atoms with Crippen LogP contribution >= 0.6 is 0 Å². The number of unbranched alkanes of at least 4 members (excludes halogenated alkanes) is 58. The fourth-order valence-corrected chi connectivity index (χ4v) is 12.1. The molecule has 0 spiro atoms. The van der Waals surface area contributed by atoms with E-state index in [1.807, 2.05) is 0 Å². The second kappa shape index (κ2) is 71.1. The molecule has 0 aromatic rings. The number of aliphatic hydroxyl groups excluding tert-OH is 2. The Morgan fingerprint density at radius 3 is 0.877 bits per heavy atom. The van der Waals surface area contributed by atoms with Gasteiger partial charge >= 0.3 is 5.97 Å². The SMILES string of the molecule is CCCCCCCCCCCCCCCCCCCCCC(=O)OCCCCCCCCCCCCCC/C=C\CCCCCCCCCCCCC(=O)NC(CO)C(O)CCCCCCCCCCCCCCCCCCCCC. The first-order valence-corrected chi connectivity index (χ1v) is 37.4. The molecule has 0 heterocycles. The lowest BCUT2D eigenvalue weighted by atomic mass is 10.0. The highest BCUT2D eigenvalue weighted by Gasteiger charge is 2.20. The lowest BCUT2D eigenvalue weighted by molar-refractivity contribution is -0.143. The van der Waals surface area contributed by atoms with E-state index in [2.05, 4.69) is 31.3 Å². The maximum absolute atomic E-state index is 12.5. The van der Waals surface area contributed by atoms with Crippen LogP contribution in [0.5, 0.6) is 0 Å². The summed E-state index contributed by atoms with van der Waals surface area (Å²) in [6, 6.07) is -0.543. The number of hydrogen-bond acceptors (Lipinski definition) is 5. The van der Waals surface area contributed by atoms with Crippen LogP contribution in [0.3, 0.4) is 0 Å². The van der Waals surface area contributed by atoms with Crippen molar-refractivity contribution in [3.05, 3.63) is 12.2 Å². The summed E-state index contributed by atoms with van der Waals surface area (Å²) >= 11 is 0. The highest BCUT2D eigenvalue weighted by Crippen LogP contribution is 2.20. The van der Waals surface area contributed by atoms with E-state index in [0.29, 0.717) is 25.9 Å². The van der Waals surface area contributed by atoms with Gasteiger partial charge < -0.3 is 20.3 Å². The first-order chi connectivity index (χ1) is 40.0. The van der Waals surface area contributed by atoms with Gasteiger partial charge in [0.1, 0.15) is 0 Å². The third kappa shape index (κ3) is 67.6. The fraction of sp³-hybridized carbons (Fsp3) is 0.947. The normalized spacial score (nSPS) is 12.5. The minimum atomic E-state index is -0.666. The lowest BCUT2D eigenvalue weighted by Crippen LogP contribution is -2.45. The van der Waals surface area contributed by atoms with Gasteiger partial charge in [0.2, 0.25) is 5.91 Å². The number of esters is 1. The molecule has 0 fully saturated rings. The van der Waals surface area contributed by atoms with Crippen molar-refractivity contribution in [3.8, 4) is 0 Å². The monoisotopic (exact) mass is 1140 g/mol.